The number of hydrogen-bond acceptors (Lipinski definition) is 3. The fraction of sp³-hybridized carbons (Fsp3) is 0.619. The molecule has 2 atom stereocenters. The summed E-state index contributed by atoms with van der Waals surface area (Å²) in [4.78, 5) is 27.6. The summed E-state index contributed by atoms with van der Waals surface area (Å²) in [5.74, 6) is 0.993. The maximum absolute atomic E-state index is 12.9. The number of rotatable bonds is 5. The molecule has 0 bridgehead atoms. The molecule has 2 unspecified atom stereocenters. The summed E-state index contributed by atoms with van der Waals surface area (Å²) in [6.07, 6.45) is 4.26. The Hall–Kier alpha value is -2.04. The molecule has 5 heteroatoms. The smallest absolute Gasteiger partial charge is 0.225 e. The van der Waals surface area contributed by atoms with Crippen LogP contribution in [-0.2, 0) is 9.59 Å². The first-order valence-corrected chi connectivity index (χ1v) is 9.72. The fourth-order valence-corrected chi connectivity index (χ4v) is 4.28. The SMILES string of the molecule is COc1cccc(C2CN(C(=O)C3CCCC3)CC2C(=O)NC(C)C)c1. The third kappa shape index (κ3) is 4.02. The van der Waals surface area contributed by atoms with Crippen LogP contribution in [0.1, 0.15) is 51.0 Å². The van der Waals surface area contributed by atoms with Crippen LogP contribution in [0.4, 0.5) is 0 Å². The summed E-state index contributed by atoms with van der Waals surface area (Å²) < 4.78 is 5.35. The van der Waals surface area contributed by atoms with Crippen molar-refractivity contribution in [2.45, 2.75) is 51.5 Å². The first kappa shape index (κ1) is 18.7. The number of nitrogens with zero attached hydrogens (tertiary/aromatic N) is 1. The third-order valence-electron chi connectivity index (χ3n) is 5.63. The van der Waals surface area contributed by atoms with Crippen LogP contribution in [-0.4, -0.2) is 43.0 Å². The van der Waals surface area contributed by atoms with Crippen LogP contribution in [0.2, 0.25) is 0 Å². The molecule has 26 heavy (non-hydrogen) atoms. The van der Waals surface area contributed by atoms with Gasteiger partial charge in [-0.25, -0.2) is 0 Å². The molecule has 1 aromatic carbocycles. The summed E-state index contributed by atoms with van der Waals surface area (Å²) in [5, 5.41) is 3.03. The highest BCUT2D eigenvalue weighted by atomic mass is 16.5. The molecule has 2 aliphatic rings. The van der Waals surface area contributed by atoms with Crippen molar-refractivity contribution < 1.29 is 14.3 Å². The van der Waals surface area contributed by atoms with Crippen molar-refractivity contribution in [2.24, 2.45) is 11.8 Å². The summed E-state index contributed by atoms with van der Waals surface area (Å²) in [7, 11) is 1.65. The van der Waals surface area contributed by atoms with E-state index in [-0.39, 0.29) is 35.6 Å². The van der Waals surface area contributed by atoms with Crippen LogP contribution in [0, 0.1) is 11.8 Å². The second-order valence-corrected chi connectivity index (χ2v) is 7.88. The number of carbonyl (C=O) groups excluding carboxylic acids is 2. The Balaban J connectivity index is 1.82. The van der Waals surface area contributed by atoms with E-state index in [1.807, 2.05) is 43.0 Å². The summed E-state index contributed by atoms with van der Waals surface area (Å²) in [6.45, 7) is 5.05. The standard InChI is InChI=1S/C21H30N2O3/c1-14(2)22-20(24)19-13-23(21(25)15-7-4-5-8-15)12-18(19)16-9-6-10-17(11-16)26-3/h6,9-11,14-15,18-19H,4-5,7-8,12-13H2,1-3H3,(H,22,24). The largest absolute Gasteiger partial charge is 0.497 e. The second-order valence-electron chi connectivity index (χ2n) is 7.88. The molecule has 2 fully saturated rings. The minimum Gasteiger partial charge on any atom is -0.497 e. The quantitative estimate of drug-likeness (QED) is 0.880. The highest BCUT2D eigenvalue weighted by Gasteiger charge is 2.42. The molecule has 5 nitrogen and oxygen atoms in total. The molecule has 1 N–H and O–H groups in total. The zero-order chi connectivity index (χ0) is 18.7. The lowest BCUT2D eigenvalue weighted by Crippen LogP contribution is -2.39. The molecule has 1 saturated heterocycles. The molecule has 0 spiro atoms. The van der Waals surface area contributed by atoms with E-state index >= 15 is 0 Å². The van der Waals surface area contributed by atoms with Crippen molar-refractivity contribution >= 4 is 11.8 Å². The lowest BCUT2D eigenvalue weighted by molar-refractivity contribution is -0.134. The molecule has 142 valence electrons. The molecule has 3 rings (SSSR count). The second kappa shape index (κ2) is 8.11. The number of hydrogen-bond donors (Lipinski definition) is 1. The van der Waals surface area contributed by atoms with Crippen molar-refractivity contribution in [1.82, 2.24) is 10.2 Å². The van der Waals surface area contributed by atoms with Crippen LogP contribution in [0.3, 0.4) is 0 Å². The average Bonchev–Trinajstić information content (AvgIpc) is 3.30. The Morgan fingerprint density at radius 3 is 2.58 bits per heavy atom. The number of nitrogens with one attached hydrogen (secondary N) is 1. The molecule has 1 aliphatic heterocycles. The number of likely N-dealkylation sites (tertiary alicyclic amines) is 1. The summed E-state index contributed by atoms with van der Waals surface area (Å²) in [6, 6.07) is 7.97. The predicted molar refractivity (Wildman–Crippen MR) is 101 cm³/mol. The maximum atomic E-state index is 12.9. The van der Waals surface area contributed by atoms with Gasteiger partial charge in [-0.2, -0.15) is 0 Å². The molecular weight excluding hydrogens is 328 g/mol. The Labute approximate surface area is 156 Å². The van der Waals surface area contributed by atoms with Gasteiger partial charge in [-0.05, 0) is 44.4 Å². The Kier molecular flexibility index (Phi) is 5.84. The molecule has 1 saturated carbocycles. The first-order chi connectivity index (χ1) is 12.5. The van der Waals surface area contributed by atoms with Crippen LogP contribution in [0.25, 0.3) is 0 Å². The number of carbonyl (C=O) groups is 2. The van der Waals surface area contributed by atoms with Gasteiger partial charge >= 0.3 is 0 Å². The predicted octanol–water partition coefficient (Wildman–Crippen LogP) is 2.95. The van der Waals surface area contributed by atoms with E-state index in [0.717, 1.165) is 37.0 Å². The van der Waals surface area contributed by atoms with E-state index < -0.39 is 0 Å². The van der Waals surface area contributed by atoms with Gasteiger partial charge in [0.25, 0.3) is 0 Å². The van der Waals surface area contributed by atoms with Crippen LogP contribution >= 0.6 is 0 Å². The zero-order valence-corrected chi connectivity index (χ0v) is 16.0. The van der Waals surface area contributed by atoms with E-state index in [2.05, 4.69) is 5.32 Å². The topological polar surface area (TPSA) is 58.6 Å². The number of ether oxygens (including phenoxy) is 1. The van der Waals surface area contributed by atoms with Crippen molar-refractivity contribution in [3.05, 3.63) is 29.8 Å². The highest BCUT2D eigenvalue weighted by molar-refractivity contribution is 5.84. The lowest BCUT2D eigenvalue weighted by atomic mass is 9.88. The maximum Gasteiger partial charge on any atom is 0.225 e. The van der Waals surface area contributed by atoms with Gasteiger partial charge < -0.3 is 15.0 Å². The monoisotopic (exact) mass is 358 g/mol. The van der Waals surface area contributed by atoms with Gasteiger partial charge in [0.15, 0.2) is 0 Å². The summed E-state index contributed by atoms with van der Waals surface area (Å²) >= 11 is 0. The Morgan fingerprint density at radius 2 is 1.92 bits per heavy atom. The van der Waals surface area contributed by atoms with E-state index in [4.69, 9.17) is 4.74 Å². The molecule has 1 aliphatic carbocycles. The third-order valence-corrected chi connectivity index (χ3v) is 5.63. The van der Waals surface area contributed by atoms with Crippen molar-refractivity contribution in [2.75, 3.05) is 20.2 Å². The Morgan fingerprint density at radius 1 is 1.19 bits per heavy atom. The minimum absolute atomic E-state index is 0.00852. The van der Waals surface area contributed by atoms with Crippen molar-refractivity contribution in [3.8, 4) is 5.75 Å². The van der Waals surface area contributed by atoms with Gasteiger partial charge in [-0.1, -0.05) is 25.0 Å². The van der Waals surface area contributed by atoms with E-state index in [1.54, 1.807) is 7.11 Å². The summed E-state index contributed by atoms with van der Waals surface area (Å²) in [5.41, 5.74) is 1.06. The molecule has 1 aromatic rings. The Bertz CT molecular complexity index is 652. The molecule has 0 radical (unpaired) electrons. The van der Waals surface area contributed by atoms with Gasteiger partial charge in [0.05, 0.1) is 13.0 Å². The van der Waals surface area contributed by atoms with Crippen molar-refractivity contribution in [3.63, 3.8) is 0 Å². The van der Waals surface area contributed by atoms with E-state index in [1.165, 1.54) is 0 Å². The van der Waals surface area contributed by atoms with E-state index in [9.17, 15) is 9.59 Å². The number of benzene rings is 1. The molecule has 1 heterocycles. The minimum atomic E-state index is -0.213. The fourth-order valence-electron chi connectivity index (χ4n) is 4.28. The number of amides is 2. The van der Waals surface area contributed by atoms with Gasteiger partial charge in [-0.15, -0.1) is 0 Å². The van der Waals surface area contributed by atoms with Crippen LogP contribution < -0.4 is 10.1 Å². The molecule has 2 amide bonds. The zero-order valence-electron chi connectivity index (χ0n) is 16.0. The molecular formula is C21H30N2O3. The van der Waals surface area contributed by atoms with Gasteiger partial charge in [0.1, 0.15) is 5.75 Å². The normalized spacial score (nSPS) is 23.5. The lowest BCUT2D eigenvalue weighted by Gasteiger charge is -2.20. The first-order valence-electron chi connectivity index (χ1n) is 9.72. The average molecular weight is 358 g/mol. The van der Waals surface area contributed by atoms with E-state index in [0.29, 0.717) is 13.1 Å². The van der Waals surface area contributed by atoms with Crippen LogP contribution in [0.15, 0.2) is 24.3 Å². The number of methoxy groups -OCH3 is 1. The van der Waals surface area contributed by atoms with Crippen LogP contribution in [0.5, 0.6) is 5.75 Å². The molecule has 0 aromatic heterocycles. The van der Waals surface area contributed by atoms with Gasteiger partial charge in [-0.3, -0.25) is 9.59 Å². The van der Waals surface area contributed by atoms with Gasteiger partial charge in [0, 0.05) is 31.0 Å². The highest BCUT2D eigenvalue weighted by Crippen LogP contribution is 2.37. The van der Waals surface area contributed by atoms with Crippen molar-refractivity contribution in [1.29, 1.82) is 0 Å². The van der Waals surface area contributed by atoms with Gasteiger partial charge in [0.2, 0.25) is 11.8 Å².